The number of carbonyl (C=O) groups excluding carboxylic acids is 1. The highest BCUT2D eigenvalue weighted by atomic mass is 35.5. The van der Waals surface area contributed by atoms with Gasteiger partial charge in [-0.15, -0.1) is 0 Å². The zero-order valence-corrected chi connectivity index (χ0v) is 12.3. The van der Waals surface area contributed by atoms with Gasteiger partial charge in [-0.3, -0.25) is 9.59 Å². The van der Waals surface area contributed by atoms with Gasteiger partial charge in [0.05, 0.1) is 18.6 Å². The third kappa shape index (κ3) is 5.58. The highest BCUT2D eigenvalue weighted by molar-refractivity contribution is 6.32. The molecule has 1 aromatic rings. The number of halogens is 1. The highest BCUT2D eigenvalue weighted by Gasteiger charge is 2.20. The van der Waals surface area contributed by atoms with Crippen LogP contribution in [0.3, 0.4) is 0 Å². The summed E-state index contributed by atoms with van der Waals surface area (Å²) < 4.78 is 5.00. The average molecular weight is 316 g/mol. The van der Waals surface area contributed by atoms with E-state index in [2.05, 4.69) is 10.6 Å². The minimum Gasteiger partial charge on any atom is -0.495 e. The molecule has 8 heteroatoms. The number of benzene rings is 1. The van der Waals surface area contributed by atoms with Gasteiger partial charge in [0.15, 0.2) is 0 Å². The number of anilines is 1. The lowest BCUT2D eigenvalue weighted by atomic mass is 10.2. The van der Waals surface area contributed by atoms with Crippen molar-refractivity contribution in [1.82, 2.24) is 5.32 Å². The van der Waals surface area contributed by atoms with Crippen LogP contribution in [0, 0.1) is 0 Å². The minimum atomic E-state index is -1.11. The second-order valence-corrected chi connectivity index (χ2v) is 4.64. The number of ether oxygens (including phenoxy) is 1. The summed E-state index contributed by atoms with van der Waals surface area (Å²) in [4.78, 5) is 22.8. The van der Waals surface area contributed by atoms with Crippen molar-refractivity contribution in [2.45, 2.75) is 12.5 Å². The summed E-state index contributed by atoms with van der Waals surface area (Å²) in [5, 5.41) is 14.6. The number of amides is 1. The van der Waals surface area contributed by atoms with Gasteiger partial charge in [0, 0.05) is 18.8 Å². The van der Waals surface area contributed by atoms with E-state index in [4.69, 9.17) is 27.2 Å². The Morgan fingerprint density at radius 2 is 2.19 bits per heavy atom. The number of nitrogens with two attached hydrogens (primary N) is 1. The molecule has 116 valence electrons. The van der Waals surface area contributed by atoms with E-state index in [9.17, 15) is 9.59 Å². The number of carbonyl (C=O) groups is 2. The molecule has 0 saturated heterocycles. The molecule has 1 aromatic carbocycles. The molecule has 0 bridgehead atoms. The molecule has 1 rings (SSSR count). The summed E-state index contributed by atoms with van der Waals surface area (Å²) in [5.41, 5.74) is 5.76. The van der Waals surface area contributed by atoms with Crippen LogP contribution in [0.1, 0.15) is 6.42 Å². The maximum Gasteiger partial charge on any atom is 0.321 e. The molecule has 0 aliphatic rings. The Morgan fingerprint density at radius 3 is 2.71 bits per heavy atom. The smallest absolute Gasteiger partial charge is 0.321 e. The Labute approximate surface area is 127 Å². The van der Waals surface area contributed by atoms with Crippen LogP contribution in [0.4, 0.5) is 5.69 Å². The molecular formula is C13H18ClN3O4. The number of aliphatic carboxylic acids is 1. The van der Waals surface area contributed by atoms with E-state index in [1.807, 2.05) is 0 Å². The normalized spacial score (nSPS) is 11.8. The lowest BCUT2D eigenvalue weighted by Crippen LogP contribution is -2.41. The second kappa shape index (κ2) is 8.46. The van der Waals surface area contributed by atoms with Crippen LogP contribution in [-0.4, -0.2) is 43.2 Å². The van der Waals surface area contributed by atoms with E-state index < -0.39 is 17.9 Å². The quantitative estimate of drug-likeness (QED) is 0.561. The fraction of sp³-hybridized carbons (Fsp3) is 0.385. The summed E-state index contributed by atoms with van der Waals surface area (Å²) in [7, 11) is 1.49. The van der Waals surface area contributed by atoms with E-state index in [0.29, 0.717) is 29.5 Å². The van der Waals surface area contributed by atoms with Gasteiger partial charge in [-0.25, -0.2) is 0 Å². The molecule has 0 aromatic heterocycles. The van der Waals surface area contributed by atoms with Crippen molar-refractivity contribution in [2.24, 2.45) is 5.73 Å². The van der Waals surface area contributed by atoms with E-state index in [-0.39, 0.29) is 6.42 Å². The highest BCUT2D eigenvalue weighted by Crippen LogP contribution is 2.27. The molecule has 0 heterocycles. The van der Waals surface area contributed by atoms with Crippen LogP contribution in [0.25, 0.3) is 0 Å². The molecule has 5 N–H and O–H groups in total. The van der Waals surface area contributed by atoms with E-state index in [1.165, 1.54) is 13.2 Å². The lowest BCUT2D eigenvalue weighted by molar-refractivity contribution is -0.141. The second-order valence-electron chi connectivity index (χ2n) is 4.24. The van der Waals surface area contributed by atoms with Gasteiger partial charge >= 0.3 is 5.97 Å². The molecular weight excluding hydrogens is 298 g/mol. The summed E-state index contributed by atoms with van der Waals surface area (Å²) in [6, 6.07) is 3.77. The number of hydrogen-bond acceptors (Lipinski definition) is 5. The van der Waals surface area contributed by atoms with Gasteiger partial charge in [0.2, 0.25) is 5.91 Å². The first-order valence-electron chi connectivity index (χ1n) is 6.27. The van der Waals surface area contributed by atoms with Gasteiger partial charge in [-0.2, -0.15) is 0 Å². The van der Waals surface area contributed by atoms with Crippen LogP contribution >= 0.6 is 11.6 Å². The SMILES string of the molecule is COc1ccc(NC(=O)C[C@H](NCCN)C(=O)O)cc1Cl. The predicted octanol–water partition coefficient (Wildman–Crippen LogP) is 0.679. The summed E-state index contributed by atoms with van der Waals surface area (Å²) >= 11 is 5.94. The first-order chi connectivity index (χ1) is 9.97. The molecule has 0 aliphatic heterocycles. The zero-order valence-electron chi connectivity index (χ0n) is 11.6. The summed E-state index contributed by atoms with van der Waals surface area (Å²) in [5.74, 6) is -1.05. The van der Waals surface area contributed by atoms with E-state index >= 15 is 0 Å². The fourth-order valence-corrected chi connectivity index (χ4v) is 1.90. The van der Waals surface area contributed by atoms with E-state index in [1.54, 1.807) is 12.1 Å². The Bertz CT molecular complexity index is 510. The number of hydrogen-bond donors (Lipinski definition) is 4. The molecule has 0 fully saturated rings. The molecule has 0 spiro atoms. The molecule has 1 amide bonds. The third-order valence-electron chi connectivity index (χ3n) is 2.66. The molecule has 0 unspecified atom stereocenters. The van der Waals surface area contributed by atoms with Gasteiger partial charge < -0.3 is 26.2 Å². The first kappa shape index (κ1) is 17.2. The summed E-state index contributed by atoms with van der Waals surface area (Å²) in [6.45, 7) is 0.609. The maximum absolute atomic E-state index is 11.8. The van der Waals surface area contributed by atoms with Gasteiger partial charge in [0.25, 0.3) is 0 Å². The number of nitrogens with one attached hydrogen (secondary N) is 2. The monoisotopic (exact) mass is 315 g/mol. The Morgan fingerprint density at radius 1 is 1.48 bits per heavy atom. The molecule has 21 heavy (non-hydrogen) atoms. The Balaban J connectivity index is 2.63. The number of rotatable bonds is 8. The van der Waals surface area contributed by atoms with Crippen LogP contribution < -0.4 is 21.1 Å². The fourth-order valence-electron chi connectivity index (χ4n) is 1.65. The van der Waals surface area contributed by atoms with Gasteiger partial charge in [-0.1, -0.05) is 11.6 Å². The van der Waals surface area contributed by atoms with Crippen molar-refractivity contribution < 1.29 is 19.4 Å². The van der Waals surface area contributed by atoms with Crippen molar-refractivity contribution in [2.75, 3.05) is 25.5 Å². The van der Waals surface area contributed by atoms with Crippen molar-refractivity contribution in [3.63, 3.8) is 0 Å². The first-order valence-corrected chi connectivity index (χ1v) is 6.65. The number of methoxy groups -OCH3 is 1. The molecule has 7 nitrogen and oxygen atoms in total. The molecule has 0 aliphatic carbocycles. The van der Waals surface area contributed by atoms with Crippen LogP contribution in [0.15, 0.2) is 18.2 Å². The largest absolute Gasteiger partial charge is 0.495 e. The van der Waals surface area contributed by atoms with Crippen molar-refractivity contribution in [3.05, 3.63) is 23.2 Å². The van der Waals surface area contributed by atoms with Gasteiger partial charge in [-0.05, 0) is 18.2 Å². The van der Waals surface area contributed by atoms with Crippen LogP contribution in [0.2, 0.25) is 5.02 Å². The summed E-state index contributed by atoms with van der Waals surface area (Å²) in [6.07, 6.45) is -0.209. The average Bonchev–Trinajstić information content (AvgIpc) is 2.43. The number of carboxylic acid groups (broad SMARTS) is 1. The maximum atomic E-state index is 11.8. The Hall–Kier alpha value is -1.83. The Kier molecular flexibility index (Phi) is 6.93. The lowest BCUT2D eigenvalue weighted by Gasteiger charge is -2.14. The van der Waals surface area contributed by atoms with Crippen molar-refractivity contribution >= 4 is 29.2 Å². The van der Waals surface area contributed by atoms with Crippen molar-refractivity contribution in [1.29, 1.82) is 0 Å². The molecule has 0 saturated carbocycles. The third-order valence-corrected chi connectivity index (χ3v) is 2.95. The minimum absolute atomic E-state index is 0.209. The topological polar surface area (TPSA) is 114 Å². The predicted molar refractivity (Wildman–Crippen MR) is 79.7 cm³/mol. The molecule has 1 atom stereocenters. The standard InChI is InChI=1S/C13H18ClN3O4/c1-21-11-3-2-8(6-9(11)14)17-12(18)7-10(13(19)20)16-5-4-15/h2-3,6,10,16H,4-5,7,15H2,1H3,(H,17,18)(H,19,20)/t10-/m0/s1. The zero-order chi connectivity index (χ0) is 15.8. The van der Waals surface area contributed by atoms with Crippen LogP contribution in [0.5, 0.6) is 5.75 Å². The van der Waals surface area contributed by atoms with Crippen LogP contribution in [-0.2, 0) is 9.59 Å². The molecule has 0 radical (unpaired) electrons. The van der Waals surface area contributed by atoms with Gasteiger partial charge in [0.1, 0.15) is 11.8 Å². The van der Waals surface area contributed by atoms with E-state index in [0.717, 1.165) is 0 Å². The van der Waals surface area contributed by atoms with Crippen molar-refractivity contribution in [3.8, 4) is 5.75 Å². The number of carboxylic acids is 1.